The Morgan fingerprint density at radius 2 is 1.12 bits per heavy atom. The molecular weight excluding hydrogens is 581 g/mol. The van der Waals surface area contributed by atoms with Crippen LogP contribution >= 0.6 is 0 Å². The molecule has 0 heterocycles. The van der Waals surface area contributed by atoms with Gasteiger partial charge in [-0.1, -0.05) is 140 Å². The lowest BCUT2D eigenvalue weighted by Gasteiger charge is -2.37. The van der Waals surface area contributed by atoms with Crippen LogP contribution < -0.4 is 9.80 Å². The highest BCUT2D eigenvalue weighted by atomic mass is 15.2. The minimum Gasteiger partial charge on any atom is -0.334 e. The Bertz CT molecular complexity index is 2200. The van der Waals surface area contributed by atoms with Crippen molar-refractivity contribution in [3.8, 4) is 0 Å². The molecule has 6 aromatic carbocycles. The van der Waals surface area contributed by atoms with Gasteiger partial charge in [0.25, 0.3) is 0 Å². The summed E-state index contributed by atoms with van der Waals surface area (Å²) in [5, 5.41) is 5.04. The fourth-order valence-electron chi connectivity index (χ4n) is 7.71. The van der Waals surface area contributed by atoms with Crippen LogP contribution in [0.15, 0.2) is 193 Å². The molecule has 2 nitrogen and oxygen atoms in total. The Kier molecular flexibility index (Phi) is 8.00. The lowest BCUT2D eigenvalue weighted by atomic mass is 9.77. The smallest absolute Gasteiger partial charge is 0.0562 e. The Morgan fingerprint density at radius 3 is 1.77 bits per heavy atom. The summed E-state index contributed by atoms with van der Waals surface area (Å²) < 4.78 is 0. The lowest BCUT2D eigenvalue weighted by Crippen LogP contribution is -2.32. The standard InChI is InChI=1S/C46H40N2/c1-33-31-39(47(37-19-5-3-6-20-37)45-25-13-17-35-15-9-11-23-43(35)45)27-29-41(33)42-30-28-40(32-34(42)2)48(38-21-7-4-8-22-38)46-26-14-18-36-16-10-12-24-44(36)46/h3-27,29-33,40-41H,28H2,1-2H3. The van der Waals surface area contributed by atoms with E-state index in [-0.39, 0.29) is 6.04 Å². The average Bonchev–Trinajstić information content (AvgIpc) is 3.13. The maximum Gasteiger partial charge on any atom is 0.0562 e. The number of rotatable bonds is 7. The summed E-state index contributed by atoms with van der Waals surface area (Å²) >= 11 is 0. The van der Waals surface area contributed by atoms with Crippen molar-refractivity contribution in [2.45, 2.75) is 26.3 Å². The number of para-hydroxylation sites is 2. The van der Waals surface area contributed by atoms with E-state index < -0.39 is 0 Å². The van der Waals surface area contributed by atoms with Gasteiger partial charge in [-0.25, -0.2) is 0 Å². The summed E-state index contributed by atoms with van der Waals surface area (Å²) in [5.41, 5.74) is 8.84. The van der Waals surface area contributed by atoms with E-state index in [0.29, 0.717) is 11.8 Å². The number of hydrogen-bond acceptors (Lipinski definition) is 2. The van der Waals surface area contributed by atoms with Gasteiger partial charge in [-0.15, -0.1) is 0 Å². The predicted octanol–water partition coefficient (Wildman–Crippen LogP) is 12.3. The van der Waals surface area contributed by atoms with E-state index in [4.69, 9.17) is 0 Å². The number of hydrogen-bond donors (Lipinski definition) is 0. The van der Waals surface area contributed by atoms with Gasteiger partial charge in [-0.2, -0.15) is 0 Å². The second-order valence-corrected chi connectivity index (χ2v) is 13.0. The zero-order valence-corrected chi connectivity index (χ0v) is 27.6. The molecule has 0 spiro atoms. The molecule has 6 aromatic rings. The Hall–Kier alpha value is -5.60. The zero-order valence-electron chi connectivity index (χ0n) is 27.6. The molecule has 2 aliphatic carbocycles. The van der Waals surface area contributed by atoms with Crippen LogP contribution in [0.1, 0.15) is 20.3 Å². The van der Waals surface area contributed by atoms with Crippen LogP contribution in [0, 0.1) is 11.8 Å². The highest BCUT2D eigenvalue weighted by Crippen LogP contribution is 2.43. The highest BCUT2D eigenvalue weighted by Gasteiger charge is 2.29. The van der Waals surface area contributed by atoms with E-state index in [1.54, 1.807) is 0 Å². The normalized spacial score (nSPS) is 19.0. The topological polar surface area (TPSA) is 6.48 Å². The van der Waals surface area contributed by atoms with E-state index in [9.17, 15) is 0 Å². The van der Waals surface area contributed by atoms with Gasteiger partial charge in [0.15, 0.2) is 0 Å². The molecule has 0 aliphatic heterocycles. The molecule has 0 fully saturated rings. The third kappa shape index (κ3) is 5.54. The summed E-state index contributed by atoms with van der Waals surface area (Å²) in [6, 6.07) is 52.5. The molecule has 0 bridgehead atoms. The van der Waals surface area contributed by atoms with Gasteiger partial charge >= 0.3 is 0 Å². The largest absolute Gasteiger partial charge is 0.334 e. The SMILES string of the molecule is CC1=CC(N(c2ccccc2)c2cccc3ccccc23)CC=C1C1C=CC(N(c2ccccc2)c2cccc3ccccc23)=CC1C. The molecule has 8 rings (SSSR count). The van der Waals surface area contributed by atoms with E-state index >= 15 is 0 Å². The van der Waals surface area contributed by atoms with Crippen LogP contribution in [0.3, 0.4) is 0 Å². The molecule has 0 N–H and O–H groups in total. The summed E-state index contributed by atoms with van der Waals surface area (Å²) in [5.74, 6) is 0.652. The lowest BCUT2D eigenvalue weighted by molar-refractivity contribution is 0.567. The van der Waals surface area contributed by atoms with E-state index in [2.05, 4.69) is 200 Å². The van der Waals surface area contributed by atoms with Crippen molar-refractivity contribution in [3.05, 3.63) is 193 Å². The number of fused-ring (bicyclic) bond motifs is 2. The number of anilines is 4. The van der Waals surface area contributed by atoms with Crippen molar-refractivity contribution < 1.29 is 0 Å². The van der Waals surface area contributed by atoms with Crippen LogP contribution in [-0.4, -0.2) is 6.04 Å². The van der Waals surface area contributed by atoms with Crippen LogP contribution in [0.4, 0.5) is 22.7 Å². The van der Waals surface area contributed by atoms with Crippen LogP contribution in [0.25, 0.3) is 21.5 Å². The highest BCUT2D eigenvalue weighted by molar-refractivity contribution is 5.98. The summed E-state index contributed by atoms with van der Waals surface area (Å²) in [4.78, 5) is 4.95. The number of allylic oxidation sites excluding steroid dienone is 5. The van der Waals surface area contributed by atoms with Crippen molar-refractivity contribution in [1.82, 2.24) is 0 Å². The molecule has 3 atom stereocenters. The third-order valence-corrected chi connectivity index (χ3v) is 9.98. The Labute approximate surface area is 284 Å². The fourth-order valence-corrected chi connectivity index (χ4v) is 7.71. The zero-order chi connectivity index (χ0) is 32.5. The Morgan fingerprint density at radius 1 is 0.562 bits per heavy atom. The molecule has 234 valence electrons. The summed E-state index contributed by atoms with van der Waals surface area (Å²) in [7, 11) is 0. The molecule has 3 unspecified atom stereocenters. The van der Waals surface area contributed by atoms with Gasteiger partial charge in [0.1, 0.15) is 0 Å². The first-order valence-electron chi connectivity index (χ1n) is 17.1. The van der Waals surface area contributed by atoms with Gasteiger partial charge in [-0.3, -0.25) is 0 Å². The van der Waals surface area contributed by atoms with Crippen LogP contribution in [0.2, 0.25) is 0 Å². The quantitative estimate of drug-likeness (QED) is 0.175. The maximum absolute atomic E-state index is 2.53. The van der Waals surface area contributed by atoms with E-state index in [0.717, 1.165) is 6.42 Å². The maximum atomic E-state index is 2.53. The monoisotopic (exact) mass is 620 g/mol. The number of benzene rings is 6. The minimum absolute atomic E-state index is 0.218. The van der Waals surface area contributed by atoms with E-state index in [1.165, 1.54) is 61.1 Å². The molecule has 2 aliphatic rings. The molecule has 0 amide bonds. The van der Waals surface area contributed by atoms with Gasteiger partial charge < -0.3 is 9.80 Å². The minimum atomic E-state index is 0.218. The molecule has 0 saturated carbocycles. The second kappa shape index (κ2) is 12.9. The first kappa shape index (κ1) is 29.8. The van der Waals surface area contributed by atoms with Gasteiger partial charge in [0, 0.05) is 39.4 Å². The molecule has 0 aromatic heterocycles. The first-order valence-corrected chi connectivity index (χ1v) is 17.1. The van der Waals surface area contributed by atoms with Gasteiger partial charge in [-0.05, 0) is 83.7 Å². The van der Waals surface area contributed by atoms with Crippen LogP contribution in [-0.2, 0) is 0 Å². The summed E-state index contributed by atoms with van der Waals surface area (Å²) in [6.45, 7) is 4.67. The first-order chi connectivity index (χ1) is 23.7. The number of nitrogens with zero attached hydrogens (tertiary/aromatic N) is 2. The molecular formula is C46H40N2. The van der Waals surface area contributed by atoms with Crippen molar-refractivity contribution in [3.63, 3.8) is 0 Å². The van der Waals surface area contributed by atoms with Crippen molar-refractivity contribution in [2.24, 2.45) is 11.8 Å². The Balaban J connectivity index is 1.11. The average molecular weight is 621 g/mol. The van der Waals surface area contributed by atoms with Crippen molar-refractivity contribution >= 4 is 44.3 Å². The van der Waals surface area contributed by atoms with Crippen molar-refractivity contribution in [2.75, 3.05) is 9.80 Å². The predicted molar refractivity (Wildman–Crippen MR) is 205 cm³/mol. The molecule has 48 heavy (non-hydrogen) atoms. The van der Waals surface area contributed by atoms with Crippen LogP contribution in [0.5, 0.6) is 0 Å². The second-order valence-electron chi connectivity index (χ2n) is 13.0. The van der Waals surface area contributed by atoms with Crippen molar-refractivity contribution in [1.29, 1.82) is 0 Å². The molecule has 0 radical (unpaired) electrons. The molecule has 2 heteroatoms. The van der Waals surface area contributed by atoms with Gasteiger partial charge in [0.2, 0.25) is 0 Å². The molecule has 0 saturated heterocycles. The summed E-state index contributed by atoms with van der Waals surface area (Å²) in [6.07, 6.45) is 13.2. The van der Waals surface area contributed by atoms with E-state index in [1.807, 2.05) is 0 Å². The fraction of sp³-hybridized carbons (Fsp3) is 0.130. The van der Waals surface area contributed by atoms with Gasteiger partial charge in [0.05, 0.1) is 11.7 Å². The third-order valence-electron chi connectivity index (χ3n) is 9.98.